The number of para-hydroxylation sites is 1. The minimum absolute atomic E-state index is 0.0417. The van der Waals surface area contributed by atoms with Gasteiger partial charge in [-0.25, -0.2) is 0 Å². The van der Waals surface area contributed by atoms with Crippen LogP contribution in [0.25, 0.3) is 21.8 Å². The zero-order valence-electron chi connectivity index (χ0n) is 17.4. The summed E-state index contributed by atoms with van der Waals surface area (Å²) in [4.78, 5) is 9.80. The maximum absolute atomic E-state index is 5.47. The Kier molecular flexibility index (Phi) is 4.15. The van der Waals surface area contributed by atoms with Gasteiger partial charge in [0.1, 0.15) is 5.75 Å². The second-order valence-corrected chi connectivity index (χ2v) is 8.78. The van der Waals surface area contributed by atoms with Gasteiger partial charge in [0.05, 0.1) is 12.6 Å². The molecule has 1 fully saturated rings. The number of likely N-dealkylation sites (tertiary alicyclic amines) is 1. The molecule has 0 saturated carbocycles. The number of ether oxygens (including phenoxy) is 1. The molecular formula is C25H28N4O. The van der Waals surface area contributed by atoms with E-state index in [1.54, 1.807) is 7.11 Å². The smallest absolute Gasteiger partial charge is 0.119 e. The molecule has 4 aromatic rings. The summed E-state index contributed by atoms with van der Waals surface area (Å²) in [6.07, 6.45) is 5.48. The highest BCUT2D eigenvalue weighted by Crippen LogP contribution is 2.40. The van der Waals surface area contributed by atoms with E-state index in [9.17, 15) is 0 Å². The van der Waals surface area contributed by atoms with Crippen molar-refractivity contribution in [2.75, 3.05) is 33.3 Å². The van der Waals surface area contributed by atoms with Crippen LogP contribution in [0.15, 0.2) is 48.7 Å². The van der Waals surface area contributed by atoms with Gasteiger partial charge in [0.25, 0.3) is 0 Å². The van der Waals surface area contributed by atoms with Crippen molar-refractivity contribution in [2.24, 2.45) is 0 Å². The van der Waals surface area contributed by atoms with Crippen LogP contribution in [0.4, 0.5) is 0 Å². The Balaban J connectivity index is 1.25. The van der Waals surface area contributed by atoms with Crippen molar-refractivity contribution in [3.8, 4) is 5.75 Å². The molecule has 3 N–H and O–H groups in total. The van der Waals surface area contributed by atoms with Crippen LogP contribution in [0.2, 0.25) is 0 Å². The molecule has 1 spiro atoms. The summed E-state index contributed by atoms with van der Waals surface area (Å²) in [5, 5.41) is 6.56. The summed E-state index contributed by atoms with van der Waals surface area (Å²) >= 11 is 0. The normalized spacial score (nSPS) is 21.6. The molecule has 1 saturated heterocycles. The maximum atomic E-state index is 5.47. The van der Waals surface area contributed by atoms with Gasteiger partial charge in [-0.2, -0.15) is 0 Å². The van der Waals surface area contributed by atoms with E-state index < -0.39 is 0 Å². The number of hydrogen-bond acceptors (Lipinski definition) is 3. The van der Waals surface area contributed by atoms with Gasteiger partial charge in [-0.3, -0.25) is 0 Å². The molecule has 4 heterocycles. The molecule has 2 aliphatic rings. The van der Waals surface area contributed by atoms with Crippen molar-refractivity contribution < 1.29 is 4.74 Å². The van der Waals surface area contributed by atoms with Gasteiger partial charge in [-0.1, -0.05) is 18.2 Å². The summed E-state index contributed by atoms with van der Waals surface area (Å²) in [7, 11) is 1.74. The van der Waals surface area contributed by atoms with Crippen LogP contribution in [0.5, 0.6) is 5.75 Å². The highest BCUT2D eigenvalue weighted by atomic mass is 16.5. The molecule has 6 rings (SSSR count). The Hall–Kier alpha value is -2.76. The fraction of sp³-hybridized carbons (Fsp3) is 0.360. The lowest BCUT2D eigenvalue weighted by Crippen LogP contribution is -2.49. The Morgan fingerprint density at radius 3 is 2.97 bits per heavy atom. The number of aromatic nitrogens is 2. The molecule has 0 aliphatic carbocycles. The van der Waals surface area contributed by atoms with Crippen molar-refractivity contribution >= 4 is 21.8 Å². The van der Waals surface area contributed by atoms with Crippen molar-refractivity contribution in [1.82, 2.24) is 20.2 Å². The first-order valence-corrected chi connectivity index (χ1v) is 11.0. The van der Waals surface area contributed by atoms with E-state index in [2.05, 4.69) is 62.8 Å². The van der Waals surface area contributed by atoms with Crippen LogP contribution in [0.1, 0.15) is 23.2 Å². The monoisotopic (exact) mass is 400 g/mol. The van der Waals surface area contributed by atoms with Crippen LogP contribution >= 0.6 is 0 Å². The molecule has 1 atom stereocenters. The zero-order valence-corrected chi connectivity index (χ0v) is 17.4. The third-order valence-corrected chi connectivity index (χ3v) is 7.15. The average molecular weight is 401 g/mol. The molecule has 2 aromatic heterocycles. The first kappa shape index (κ1) is 18.0. The third-order valence-electron chi connectivity index (χ3n) is 7.15. The average Bonchev–Trinajstić information content (AvgIpc) is 3.48. The molecule has 154 valence electrons. The molecule has 30 heavy (non-hydrogen) atoms. The Bertz CT molecular complexity index is 1220. The number of hydrogen-bond donors (Lipinski definition) is 3. The van der Waals surface area contributed by atoms with E-state index >= 15 is 0 Å². The predicted molar refractivity (Wildman–Crippen MR) is 121 cm³/mol. The van der Waals surface area contributed by atoms with Crippen molar-refractivity contribution in [1.29, 1.82) is 0 Å². The lowest BCUT2D eigenvalue weighted by Gasteiger charge is -2.35. The lowest BCUT2D eigenvalue weighted by atomic mass is 9.86. The van der Waals surface area contributed by atoms with E-state index in [-0.39, 0.29) is 5.54 Å². The van der Waals surface area contributed by atoms with Gasteiger partial charge in [-0.15, -0.1) is 0 Å². The van der Waals surface area contributed by atoms with Gasteiger partial charge in [0, 0.05) is 59.9 Å². The summed E-state index contributed by atoms with van der Waals surface area (Å²) in [6, 6.07) is 15.0. The Morgan fingerprint density at radius 1 is 1.10 bits per heavy atom. The first-order valence-electron chi connectivity index (χ1n) is 11.0. The number of methoxy groups -OCH3 is 1. The number of rotatable bonds is 4. The number of benzene rings is 2. The van der Waals surface area contributed by atoms with Gasteiger partial charge in [0.2, 0.25) is 0 Å². The van der Waals surface area contributed by atoms with Gasteiger partial charge >= 0.3 is 0 Å². The SMILES string of the molecule is COc1ccc2[nH]c3c(c2c1)CCNC31CCN(CCc2c[nH]c3ccccc23)C1. The molecule has 0 bridgehead atoms. The molecule has 5 nitrogen and oxygen atoms in total. The molecule has 0 radical (unpaired) electrons. The minimum Gasteiger partial charge on any atom is -0.497 e. The van der Waals surface area contributed by atoms with E-state index in [1.165, 1.54) is 38.6 Å². The highest BCUT2D eigenvalue weighted by Gasteiger charge is 2.43. The molecule has 0 amide bonds. The fourth-order valence-electron chi connectivity index (χ4n) is 5.58. The van der Waals surface area contributed by atoms with Crippen LogP contribution in [0, 0.1) is 0 Å². The standard InChI is InChI=1S/C25H28N4O/c1-30-18-6-7-23-21(14-18)20-8-11-27-25(24(20)28-23)10-13-29(16-25)12-9-17-15-26-22-5-3-2-4-19(17)22/h2-7,14-15,26-28H,8-13,16H2,1H3. The molecule has 2 aliphatic heterocycles. The number of aromatic amines is 2. The molecule has 5 heteroatoms. The Morgan fingerprint density at radius 2 is 2.03 bits per heavy atom. The van der Waals surface area contributed by atoms with E-state index in [1.807, 2.05) is 6.07 Å². The number of fused-ring (bicyclic) bond motifs is 5. The molecular weight excluding hydrogens is 372 g/mol. The van der Waals surface area contributed by atoms with Crippen molar-refractivity contribution in [3.63, 3.8) is 0 Å². The van der Waals surface area contributed by atoms with E-state index in [0.717, 1.165) is 51.2 Å². The molecule has 2 aromatic carbocycles. The predicted octanol–water partition coefficient (Wildman–Crippen LogP) is 3.95. The highest BCUT2D eigenvalue weighted by molar-refractivity contribution is 5.87. The van der Waals surface area contributed by atoms with E-state index in [0.29, 0.717) is 0 Å². The topological polar surface area (TPSA) is 56.1 Å². The number of nitrogens with zero attached hydrogens (tertiary/aromatic N) is 1. The van der Waals surface area contributed by atoms with Gasteiger partial charge in [0.15, 0.2) is 0 Å². The van der Waals surface area contributed by atoms with E-state index in [4.69, 9.17) is 4.74 Å². The second kappa shape index (κ2) is 6.89. The first-order chi connectivity index (χ1) is 14.8. The lowest BCUT2D eigenvalue weighted by molar-refractivity contribution is 0.273. The fourth-order valence-corrected chi connectivity index (χ4v) is 5.58. The van der Waals surface area contributed by atoms with Crippen LogP contribution in [-0.2, 0) is 18.4 Å². The third kappa shape index (κ3) is 2.76. The summed E-state index contributed by atoms with van der Waals surface area (Å²) in [5.74, 6) is 0.934. The largest absolute Gasteiger partial charge is 0.497 e. The molecule has 1 unspecified atom stereocenters. The maximum Gasteiger partial charge on any atom is 0.119 e. The quantitative estimate of drug-likeness (QED) is 0.486. The number of nitrogens with one attached hydrogen (secondary N) is 3. The van der Waals surface area contributed by atoms with Crippen LogP contribution in [0.3, 0.4) is 0 Å². The van der Waals surface area contributed by atoms with Crippen LogP contribution < -0.4 is 10.1 Å². The minimum atomic E-state index is 0.0417. The van der Waals surface area contributed by atoms with Gasteiger partial charge < -0.3 is 24.9 Å². The zero-order chi connectivity index (χ0) is 20.1. The van der Waals surface area contributed by atoms with Crippen molar-refractivity contribution in [3.05, 3.63) is 65.5 Å². The summed E-state index contributed by atoms with van der Waals surface area (Å²) in [5.41, 5.74) is 6.79. The van der Waals surface area contributed by atoms with Crippen molar-refractivity contribution in [2.45, 2.75) is 24.8 Å². The summed E-state index contributed by atoms with van der Waals surface area (Å²) in [6.45, 7) is 4.32. The van der Waals surface area contributed by atoms with Crippen LogP contribution in [-0.4, -0.2) is 48.2 Å². The van der Waals surface area contributed by atoms with Gasteiger partial charge in [-0.05, 0) is 54.7 Å². The second-order valence-electron chi connectivity index (χ2n) is 8.78. The summed E-state index contributed by atoms with van der Waals surface area (Å²) < 4.78 is 5.47. The Labute approximate surface area is 176 Å². The number of H-pyrrole nitrogens is 2.